The van der Waals surface area contributed by atoms with Gasteiger partial charge in [-0.3, -0.25) is 0 Å². The number of halogens is 3. The first-order valence-electron chi connectivity index (χ1n) is 18.4. The minimum atomic E-state index is -0.337. The Kier molecular flexibility index (Phi) is 12.0. The minimum Gasteiger partial charge on any atom is -0.399 e. The Morgan fingerprint density at radius 1 is 0.696 bits per heavy atom. The number of fused-ring (bicyclic) bond motifs is 2. The number of morpholine rings is 2. The number of nitrogens with zero attached hydrogens (tertiary/aromatic N) is 8. The SMILES string of the molecule is CC1(C)OB(c2ccnc3[nH]ccc23)OC1(C)C.C[C@@H]1COCCN1c1cc(Cl)nc(-c2ccnc3[nH]ccc23)n1.C[C@@H]1COCCN1c1cc(Cl)nc(Cl)n1. The second-order valence-electron chi connectivity index (χ2n) is 14.8. The van der Waals surface area contributed by atoms with E-state index in [9.17, 15) is 0 Å². The normalized spacial score (nSPS) is 20.4. The number of H-pyrrole nitrogens is 2. The van der Waals surface area contributed by atoms with E-state index in [1.807, 2.05) is 42.7 Å². The van der Waals surface area contributed by atoms with Crippen LogP contribution in [0.3, 0.4) is 0 Å². The van der Waals surface area contributed by atoms with E-state index in [0.717, 1.165) is 57.8 Å². The zero-order valence-electron chi connectivity index (χ0n) is 32.1. The molecule has 0 saturated carbocycles. The molecule has 0 radical (unpaired) electrons. The van der Waals surface area contributed by atoms with Crippen molar-refractivity contribution in [2.75, 3.05) is 49.3 Å². The lowest BCUT2D eigenvalue weighted by Gasteiger charge is -2.34. The number of hydrogen-bond acceptors (Lipinski definition) is 12. The predicted molar refractivity (Wildman–Crippen MR) is 221 cm³/mol. The van der Waals surface area contributed by atoms with Crippen LogP contribution in [0.4, 0.5) is 11.6 Å². The molecule has 0 bridgehead atoms. The summed E-state index contributed by atoms with van der Waals surface area (Å²) in [5.74, 6) is 2.20. The van der Waals surface area contributed by atoms with Crippen LogP contribution >= 0.6 is 34.8 Å². The molecule has 0 spiro atoms. The lowest BCUT2D eigenvalue weighted by atomic mass is 9.78. The minimum absolute atomic E-state index is 0.177. The summed E-state index contributed by atoms with van der Waals surface area (Å²) in [6.45, 7) is 16.8. The summed E-state index contributed by atoms with van der Waals surface area (Å²) in [6.07, 6.45) is 7.26. The van der Waals surface area contributed by atoms with Crippen LogP contribution in [0.25, 0.3) is 33.5 Å². The molecule has 3 fully saturated rings. The molecule has 9 rings (SSSR count). The van der Waals surface area contributed by atoms with Gasteiger partial charge in [-0.1, -0.05) is 23.2 Å². The van der Waals surface area contributed by atoms with Crippen molar-refractivity contribution in [2.45, 2.75) is 64.8 Å². The standard InChI is InChI=1S/C16H16ClN5O.C13H17BN2O2.C9H11Cl2N3O/c1-10-9-23-7-6-22(10)14-8-13(17)20-16(21-14)12-3-5-19-15-11(12)2-4-18-15;1-12(2)13(3,4)18-14(17-12)10-6-8-16-11-9(10)5-7-15-11;1-6-5-15-3-2-14(6)8-4-7(10)12-9(11)13-8/h2-5,8,10H,6-7,9H2,1H3,(H,18,19);5-8H,1-4H3,(H,15,16);4,6H,2-3,5H2,1H3/t10-;;6-/m1.1/s1. The van der Waals surface area contributed by atoms with Gasteiger partial charge in [0.15, 0.2) is 5.82 Å². The van der Waals surface area contributed by atoms with Crippen LogP contribution in [0, 0.1) is 0 Å². The Balaban J connectivity index is 0.000000132. The first-order valence-corrected chi connectivity index (χ1v) is 19.6. The number of hydrogen-bond donors (Lipinski definition) is 2. The quantitative estimate of drug-likeness (QED) is 0.110. The maximum Gasteiger partial charge on any atom is 0.495 e. The monoisotopic (exact) mass is 820 g/mol. The molecule has 3 saturated heterocycles. The lowest BCUT2D eigenvalue weighted by molar-refractivity contribution is 0.00578. The highest BCUT2D eigenvalue weighted by atomic mass is 35.5. The molecular formula is C38H44BCl3N10O4. The van der Waals surface area contributed by atoms with Crippen LogP contribution in [0.2, 0.25) is 15.6 Å². The van der Waals surface area contributed by atoms with Gasteiger partial charge in [0.1, 0.15) is 33.2 Å². The summed E-state index contributed by atoms with van der Waals surface area (Å²) in [5, 5.41) is 3.01. The zero-order valence-corrected chi connectivity index (χ0v) is 34.4. The second-order valence-corrected chi connectivity index (χ2v) is 15.9. The van der Waals surface area contributed by atoms with Crippen molar-refractivity contribution in [3.8, 4) is 11.4 Å². The first kappa shape index (κ1) is 40.1. The van der Waals surface area contributed by atoms with E-state index in [0.29, 0.717) is 42.6 Å². The Labute approximate surface area is 340 Å². The van der Waals surface area contributed by atoms with Gasteiger partial charge in [0.25, 0.3) is 0 Å². The molecule has 0 aliphatic carbocycles. The molecule has 18 heteroatoms. The summed E-state index contributed by atoms with van der Waals surface area (Å²) >= 11 is 17.8. The van der Waals surface area contributed by atoms with Gasteiger partial charge in [0.2, 0.25) is 5.28 Å². The maximum absolute atomic E-state index is 6.26. The molecule has 294 valence electrons. The summed E-state index contributed by atoms with van der Waals surface area (Å²) in [7, 11) is -0.337. The van der Waals surface area contributed by atoms with Crippen LogP contribution in [0.5, 0.6) is 0 Å². The highest BCUT2D eigenvalue weighted by Gasteiger charge is 2.52. The Hall–Kier alpha value is -4.09. The molecule has 2 N–H and O–H groups in total. The van der Waals surface area contributed by atoms with Gasteiger partial charge >= 0.3 is 7.12 Å². The molecule has 3 aliphatic rings. The van der Waals surface area contributed by atoms with Crippen molar-refractivity contribution in [1.82, 2.24) is 39.9 Å². The molecule has 0 aromatic carbocycles. The number of anilines is 2. The van der Waals surface area contributed by atoms with Crippen LogP contribution in [-0.4, -0.2) is 110 Å². The van der Waals surface area contributed by atoms with E-state index in [4.69, 9.17) is 58.6 Å². The molecule has 56 heavy (non-hydrogen) atoms. The van der Waals surface area contributed by atoms with Crippen LogP contribution in [0.1, 0.15) is 41.5 Å². The zero-order chi connectivity index (χ0) is 39.6. The number of ether oxygens (including phenoxy) is 2. The molecular weight excluding hydrogens is 778 g/mol. The number of nitrogens with one attached hydrogen (secondary N) is 2. The first-order chi connectivity index (χ1) is 26.8. The highest BCUT2D eigenvalue weighted by Crippen LogP contribution is 2.37. The number of aromatic nitrogens is 8. The van der Waals surface area contributed by atoms with E-state index < -0.39 is 0 Å². The molecule has 2 atom stereocenters. The molecule has 6 aromatic rings. The summed E-state index contributed by atoms with van der Waals surface area (Å²) in [5.41, 5.74) is 2.99. The van der Waals surface area contributed by atoms with Crippen molar-refractivity contribution < 1.29 is 18.8 Å². The lowest BCUT2D eigenvalue weighted by Crippen LogP contribution is -2.44. The average molecular weight is 822 g/mol. The fourth-order valence-electron chi connectivity index (χ4n) is 6.65. The van der Waals surface area contributed by atoms with Crippen molar-refractivity contribution in [2.24, 2.45) is 0 Å². The third-order valence-electron chi connectivity index (χ3n) is 10.4. The van der Waals surface area contributed by atoms with E-state index in [-0.39, 0.29) is 35.7 Å². The van der Waals surface area contributed by atoms with Crippen molar-refractivity contribution in [1.29, 1.82) is 0 Å². The van der Waals surface area contributed by atoms with Gasteiger partial charge in [0, 0.05) is 66.3 Å². The van der Waals surface area contributed by atoms with Crippen molar-refractivity contribution in [3.63, 3.8) is 0 Å². The Morgan fingerprint density at radius 3 is 1.82 bits per heavy atom. The van der Waals surface area contributed by atoms with E-state index in [1.54, 1.807) is 18.5 Å². The average Bonchev–Trinajstić information content (AvgIpc) is 3.89. The third kappa shape index (κ3) is 8.74. The number of pyridine rings is 2. The molecule has 9 heterocycles. The maximum atomic E-state index is 6.26. The van der Waals surface area contributed by atoms with Crippen molar-refractivity contribution >= 4 is 81.1 Å². The van der Waals surface area contributed by atoms with Crippen LogP contribution in [-0.2, 0) is 18.8 Å². The third-order valence-corrected chi connectivity index (χ3v) is 10.9. The number of aromatic amines is 2. The van der Waals surface area contributed by atoms with Crippen molar-refractivity contribution in [3.05, 3.63) is 76.8 Å². The van der Waals surface area contributed by atoms with Gasteiger partial charge in [-0.25, -0.2) is 29.9 Å². The molecule has 14 nitrogen and oxygen atoms in total. The van der Waals surface area contributed by atoms with Crippen LogP contribution in [0.15, 0.2) is 61.2 Å². The van der Waals surface area contributed by atoms with E-state index >= 15 is 0 Å². The smallest absolute Gasteiger partial charge is 0.399 e. The Morgan fingerprint density at radius 2 is 1.23 bits per heavy atom. The van der Waals surface area contributed by atoms with Gasteiger partial charge in [-0.2, -0.15) is 0 Å². The number of rotatable bonds is 4. The largest absolute Gasteiger partial charge is 0.495 e. The van der Waals surface area contributed by atoms with Gasteiger partial charge in [-0.05, 0) is 82.9 Å². The molecule has 6 aromatic heterocycles. The van der Waals surface area contributed by atoms with Gasteiger partial charge < -0.3 is 38.6 Å². The fourth-order valence-corrected chi connectivity index (χ4v) is 7.22. The fraction of sp³-hybridized carbons (Fsp3) is 0.421. The van der Waals surface area contributed by atoms with Gasteiger partial charge in [-0.15, -0.1) is 0 Å². The summed E-state index contributed by atoms with van der Waals surface area (Å²) in [6, 6.07) is 11.9. The topological polar surface area (TPSA) is 152 Å². The summed E-state index contributed by atoms with van der Waals surface area (Å²) in [4.78, 5) is 36.2. The Bertz CT molecular complexity index is 2260. The van der Waals surface area contributed by atoms with E-state index in [1.165, 1.54) is 0 Å². The van der Waals surface area contributed by atoms with Crippen LogP contribution < -0.4 is 15.3 Å². The predicted octanol–water partition coefficient (Wildman–Crippen LogP) is 6.77. The highest BCUT2D eigenvalue weighted by molar-refractivity contribution is 6.65. The summed E-state index contributed by atoms with van der Waals surface area (Å²) < 4.78 is 23.0. The molecule has 0 unspecified atom stereocenters. The van der Waals surface area contributed by atoms with E-state index in [2.05, 4.69) is 86.2 Å². The molecule has 3 aliphatic heterocycles. The molecule has 0 amide bonds. The second kappa shape index (κ2) is 16.8. The van der Waals surface area contributed by atoms with Gasteiger partial charge in [0.05, 0.1) is 49.7 Å².